The molecule has 4 aromatic rings. The Bertz CT molecular complexity index is 2350. The van der Waals surface area contributed by atoms with Crippen LogP contribution in [0, 0.1) is 0 Å². The van der Waals surface area contributed by atoms with Crippen LogP contribution in [0.3, 0.4) is 0 Å². The van der Waals surface area contributed by atoms with Crippen molar-refractivity contribution in [1.29, 1.82) is 0 Å². The number of hydrogen-bond donors (Lipinski definition) is 2. The fraction of sp³-hybridized carbons (Fsp3) is 0.292. The highest BCUT2D eigenvalue weighted by molar-refractivity contribution is 8.76. The minimum absolute atomic E-state index is 0.0322. The van der Waals surface area contributed by atoms with Crippen LogP contribution in [0.5, 0.6) is 11.5 Å². The summed E-state index contributed by atoms with van der Waals surface area (Å²) in [5, 5.41) is 4.76. The first-order valence-electron chi connectivity index (χ1n) is 21.0. The quantitative estimate of drug-likeness (QED) is 0.0511. The Labute approximate surface area is 398 Å². The predicted molar refractivity (Wildman–Crippen MR) is 255 cm³/mol. The minimum Gasteiger partial charge on any atom is -0.497 e. The van der Waals surface area contributed by atoms with Crippen molar-refractivity contribution in [3.8, 4) is 11.5 Å². The molecule has 4 amide bonds. The maximum Gasteiger partial charge on any atom is 0.355 e. The molecular formula is C48H46N4O10S4. The van der Waals surface area contributed by atoms with Crippen molar-refractivity contribution in [2.45, 2.75) is 48.9 Å². The van der Waals surface area contributed by atoms with E-state index in [-0.39, 0.29) is 49.3 Å². The summed E-state index contributed by atoms with van der Waals surface area (Å²) in [6, 6.07) is 31.1. The number of hydrogen-bond acceptors (Lipinski definition) is 14. The summed E-state index contributed by atoms with van der Waals surface area (Å²) in [5.74, 6) is 0.120. The minimum atomic E-state index is -0.803. The number of carbonyl (C=O) groups is 6. The molecule has 4 aromatic carbocycles. The number of amides is 4. The molecule has 4 aliphatic rings. The first-order valence-corrected chi connectivity index (χ1v) is 25.5. The van der Waals surface area contributed by atoms with E-state index < -0.39 is 46.6 Å². The lowest BCUT2D eigenvalue weighted by Gasteiger charge is -2.50. The van der Waals surface area contributed by atoms with Crippen LogP contribution in [0.4, 0.5) is 0 Å². The Morgan fingerprint density at radius 1 is 0.561 bits per heavy atom. The first kappa shape index (κ1) is 46.7. The average molecular weight is 967 g/mol. The van der Waals surface area contributed by atoms with Gasteiger partial charge in [-0.1, -0.05) is 107 Å². The van der Waals surface area contributed by atoms with E-state index in [1.165, 1.54) is 54.9 Å². The van der Waals surface area contributed by atoms with Gasteiger partial charge >= 0.3 is 11.9 Å². The lowest BCUT2D eigenvalue weighted by Crippen LogP contribution is -2.70. The highest BCUT2D eigenvalue weighted by atomic mass is 33.1. The molecule has 14 nitrogen and oxygen atoms in total. The second-order valence-corrected chi connectivity index (χ2v) is 20.2. The van der Waals surface area contributed by atoms with E-state index in [4.69, 9.17) is 18.9 Å². The van der Waals surface area contributed by atoms with Crippen molar-refractivity contribution in [2.75, 3.05) is 37.2 Å². The summed E-state index contributed by atoms with van der Waals surface area (Å²) in [5.41, 5.74) is 4.80. The molecule has 0 bridgehead atoms. The van der Waals surface area contributed by atoms with Crippen molar-refractivity contribution in [3.63, 3.8) is 0 Å². The largest absolute Gasteiger partial charge is 0.497 e. The van der Waals surface area contributed by atoms with E-state index in [1.54, 1.807) is 62.8 Å². The van der Waals surface area contributed by atoms with Gasteiger partial charge in [-0.15, -0.1) is 23.5 Å². The number of benzene rings is 4. The fourth-order valence-electron chi connectivity index (χ4n) is 7.68. The molecule has 0 aromatic heterocycles. The van der Waals surface area contributed by atoms with Gasteiger partial charge in [0.05, 0.1) is 27.1 Å². The maximum absolute atomic E-state index is 14.0. The summed E-state index contributed by atoms with van der Waals surface area (Å²) in [4.78, 5) is 84.3. The Kier molecular flexibility index (Phi) is 15.3. The van der Waals surface area contributed by atoms with Gasteiger partial charge in [0.25, 0.3) is 11.8 Å². The molecule has 342 valence electrons. The summed E-state index contributed by atoms with van der Waals surface area (Å²) >= 11 is 2.93. The molecule has 2 N–H and O–H groups in total. The average Bonchev–Trinajstić information content (AvgIpc) is 3.35. The van der Waals surface area contributed by atoms with Crippen LogP contribution in [0.25, 0.3) is 0 Å². The summed E-state index contributed by atoms with van der Waals surface area (Å²) < 4.78 is 22.1. The normalized spacial score (nSPS) is 19.7. The molecule has 2 fully saturated rings. The molecule has 0 radical (unpaired) electrons. The number of β-lactam (4-membered cyclic amide) rings is 2. The number of esters is 2. The van der Waals surface area contributed by atoms with E-state index in [0.717, 1.165) is 22.3 Å². The highest BCUT2D eigenvalue weighted by Crippen LogP contribution is 2.45. The Hall–Kier alpha value is -5.82. The van der Waals surface area contributed by atoms with Crippen LogP contribution < -0.4 is 20.1 Å². The van der Waals surface area contributed by atoms with Gasteiger partial charge in [-0.3, -0.25) is 29.0 Å². The molecule has 0 aliphatic carbocycles. The Morgan fingerprint density at radius 3 is 1.30 bits per heavy atom. The number of thioether (sulfide) groups is 2. The fourth-order valence-corrected chi connectivity index (χ4v) is 12.9. The van der Waals surface area contributed by atoms with E-state index in [2.05, 4.69) is 10.6 Å². The van der Waals surface area contributed by atoms with Crippen molar-refractivity contribution < 1.29 is 47.7 Å². The van der Waals surface area contributed by atoms with Gasteiger partial charge in [0.2, 0.25) is 11.8 Å². The lowest BCUT2D eigenvalue weighted by molar-refractivity contribution is -0.153. The number of carbonyl (C=O) groups excluding carboxylic acids is 6. The predicted octanol–water partition coefficient (Wildman–Crippen LogP) is 5.67. The molecule has 18 heteroatoms. The van der Waals surface area contributed by atoms with Crippen LogP contribution in [0.1, 0.15) is 22.3 Å². The van der Waals surface area contributed by atoms with E-state index in [1.807, 2.05) is 60.7 Å². The van der Waals surface area contributed by atoms with E-state index in [9.17, 15) is 28.8 Å². The number of nitrogens with zero attached hydrogens (tertiary/aromatic N) is 2. The van der Waals surface area contributed by atoms with Gasteiger partial charge in [0.15, 0.2) is 0 Å². The van der Waals surface area contributed by atoms with E-state index >= 15 is 0 Å². The summed E-state index contributed by atoms with van der Waals surface area (Å²) in [6.45, 7) is -0.0644. The zero-order chi connectivity index (χ0) is 46.2. The van der Waals surface area contributed by atoms with Gasteiger partial charge in [-0.05, 0) is 57.7 Å². The standard InChI is InChI=1S/C48H46N4O10S4/c1-59-35-17-13-31(14-18-35)23-61-47(57)41-33(25-63-45-39(43(55)51(41)45)49-37(53)21-29-9-5-3-6-10-29)27-65-66-28-34-26-64-46-40(50-38(54)22-30-11-7-4-8-12-30)44(56)52(46)42(34)48(58)62-24-32-15-19-36(60-2)20-16-32/h3-20,39-40,45-46H,21-28H2,1-2H3,(H,49,53)(H,50,54)/t39-,40-,45-,46-/m1/s1. The topological polar surface area (TPSA) is 170 Å². The molecule has 8 rings (SSSR count). The third kappa shape index (κ3) is 10.7. The third-order valence-corrected chi connectivity index (χ3v) is 16.1. The number of rotatable bonds is 19. The molecule has 0 unspecified atom stereocenters. The number of fused-ring (bicyclic) bond motifs is 2. The first-order chi connectivity index (χ1) is 32.1. The second kappa shape index (κ2) is 21.7. The molecule has 66 heavy (non-hydrogen) atoms. The van der Waals surface area contributed by atoms with Crippen LogP contribution >= 0.6 is 45.1 Å². The maximum atomic E-state index is 14.0. The SMILES string of the molecule is COc1ccc(COC(=O)C2=C(CSSCC3=C(C(=O)OCc4ccc(OC)cc4)N4C(=O)[C@@H](NC(=O)Cc5ccccc5)[C@H]4SC3)CS[C@@H]3[C@H](NC(=O)Cc4ccccc4)C(=O)N23)cc1. The summed E-state index contributed by atoms with van der Waals surface area (Å²) in [7, 11) is 6.01. The van der Waals surface area contributed by atoms with Gasteiger partial charge in [-0.25, -0.2) is 9.59 Å². The van der Waals surface area contributed by atoms with Crippen molar-refractivity contribution >= 4 is 80.7 Å². The third-order valence-electron chi connectivity index (χ3n) is 11.1. The van der Waals surface area contributed by atoms with Gasteiger partial charge in [-0.2, -0.15) is 0 Å². The summed E-state index contributed by atoms with van der Waals surface area (Å²) in [6.07, 6.45) is 0.229. The molecule has 4 heterocycles. The number of methoxy groups -OCH3 is 2. The molecular weight excluding hydrogens is 921 g/mol. The molecule has 4 atom stereocenters. The molecule has 0 spiro atoms. The Balaban J connectivity index is 0.963. The van der Waals surface area contributed by atoms with Gasteiger partial charge in [0.1, 0.15) is 58.9 Å². The smallest absolute Gasteiger partial charge is 0.355 e. The van der Waals surface area contributed by atoms with Crippen LogP contribution in [-0.2, 0) is 64.3 Å². The lowest BCUT2D eigenvalue weighted by atomic mass is 10.0. The second-order valence-electron chi connectivity index (χ2n) is 15.5. The van der Waals surface area contributed by atoms with Gasteiger partial charge in [0, 0.05) is 23.0 Å². The molecule has 4 aliphatic heterocycles. The molecule has 0 saturated carbocycles. The molecule has 2 saturated heterocycles. The van der Waals surface area contributed by atoms with E-state index in [0.29, 0.717) is 45.7 Å². The zero-order valence-electron chi connectivity index (χ0n) is 36.0. The van der Waals surface area contributed by atoms with Crippen molar-refractivity contribution in [2.24, 2.45) is 0 Å². The van der Waals surface area contributed by atoms with Crippen LogP contribution in [0.2, 0.25) is 0 Å². The number of nitrogens with one attached hydrogen (secondary N) is 2. The number of ether oxygens (including phenoxy) is 4. The van der Waals surface area contributed by atoms with Gasteiger partial charge < -0.3 is 29.6 Å². The van der Waals surface area contributed by atoms with Crippen LogP contribution in [0.15, 0.2) is 132 Å². The van der Waals surface area contributed by atoms with Crippen molar-refractivity contribution in [1.82, 2.24) is 20.4 Å². The zero-order valence-corrected chi connectivity index (χ0v) is 39.2. The highest BCUT2D eigenvalue weighted by Gasteiger charge is 2.55. The van der Waals surface area contributed by atoms with Crippen molar-refractivity contribution in [3.05, 3.63) is 154 Å². The monoisotopic (exact) mass is 966 g/mol. The van der Waals surface area contributed by atoms with Crippen LogP contribution in [-0.4, -0.2) is 105 Å². The Morgan fingerprint density at radius 2 is 0.939 bits per heavy atom.